The topological polar surface area (TPSA) is 85.9 Å². The number of methoxy groups -OCH3 is 4. The van der Waals surface area contributed by atoms with E-state index in [2.05, 4.69) is 64.9 Å². The zero-order chi connectivity index (χ0) is 35.8. The first kappa shape index (κ1) is 34.7. The van der Waals surface area contributed by atoms with Crippen molar-refractivity contribution in [2.45, 2.75) is 37.8 Å². The van der Waals surface area contributed by atoms with Crippen LogP contribution in [0.25, 0.3) is 0 Å². The van der Waals surface area contributed by atoms with Gasteiger partial charge in [0.15, 0.2) is 39.6 Å². The van der Waals surface area contributed by atoms with Crippen LogP contribution in [0.4, 0.5) is 5.69 Å². The first-order valence-corrected chi connectivity index (χ1v) is 17.7. The minimum atomic E-state index is -0.117. The second-order valence-electron chi connectivity index (χ2n) is 13.3. The SMILES string of the molecule is CNC(=S)Nc1cc(OC)c2cc1C[C@H]1c3c(cc(OC)c(OC)c3Oc3cc4c(cc3OC)CCN(C)[C@H]4Cc3ccc(cc3)O2)CCN1C. The summed E-state index contributed by atoms with van der Waals surface area (Å²) in [5, 5.41) is 6.92. The molecule has 6 bridgehead atoms. The number of benzene rings is 4. The fourth-order valence-corrected chi connectivity index (χ4v) is 7.75. The maximum Gasteiger partial charge on any atom is 0.204 e. The predicted octanol–water partition coefficient (Wildman–Crippen LogP) is 7.08. The van der Waals surface area contributed by atoms with Gasteiger partial charge in [-0.2, -0.15) is 0 Å². The van der Waals surface area contributed by atoms with E-state index in [4.69, 9.17) is 40.6 Å². The van der Waals surface area contributed by atoms with E-state index >= 15 is 0 Å². The van der Waals surface area contributed by atoms with Gasteiger partial charge in [0.05, 0.1) is 28.4 Å². The van der Waals surface area contributed by atoms with Gasteiger partial charge in [-0.3, -0.25) is 9.80 Å². The highest BCUT2D eigenvalue weighted by Crippen LogP contribution is 2.52. The summed E-state index contributed by atoms with van der Waals surface area (Å²) in [5.41, 5.74) is 7.67. The highest BCUT2D eigenvalue weighted by Gasteiger charge is 2.35. The highest BCUT2D eigenvalue weighted by atomic mass is 32.1. The molecular weight excluding hydrogens is 665 g/mol. The van der Waals surface area contributed by atoms with Crippen molar-refractivity contribution in [3.8, 4) is 46.0 Å². The van der Waals surface area contributed by atoms with Crippen molar-refractivity contribution in [2.24, 2.45) is 0 Å². The quantitative estimate of drug-likeness (QED) is 0.209. The summed E-state index contributed by atoms with van der Waals surface area (Å²) in [4.78, 5) is 4.78. The van der Waals surface area contributed by atoms with Gasteiger partial charge >= 0.3 is 0 Å². The number of rotatable bonds is 5. The molecule has 4 heterocycles. The van der Waals surface area contributed by atoms with Crippen molar-refractivity contribution in [1.29, 1.82) is 0 Å². The zero-order valence-electron chi connectivity index (χ0n) is 30.3. The van der Waals surface area contributed by atoms with Crippen molar-refractivity contribution in [2.75, 3.05) is 68.0 Å². The molecule has 268 valence electrons. The lowest BCUT2D eigenvalue weighted by Gasteiger charge is -2.37. The molecule has 51 heavy (non-hydrogen) atoms. The molecule has 0 amide bonds. The van der Waals surface area contributed by atoms with E-state index in [1.165, 1.54) is 16.7 Å². The van der Waals surface area contributed by atoms with E-state index in [-0.39, 0.29) is 12.1 Å². The molecule has 11 heteroatoms. The summed E-state index contributed by atoms with van der Waals surface area (Å²) >= 11 is 5.58. The van der Waals surface area contributed by atoms with Gasteiger partial charge in [0.25, 0.3) is 0 Å². The second kappa shape index (κ2) is 14.5. The van der Waals surface area contributed by atoms with Crippen LogP contribution in [0.2, 0.25) is 0 Å². The number of nitrogens with zero attached hydrogens (tertiary/aromatic N) is 2. The van der Waals surface area contributed by atoms with Gasteiger partial charge < -0.3 is 39.1 Å². The van der Waals surface area contributed by atoms with Crippen molar-refractivity contribution >= 4 is 23.0 Å². The normalized spacial score (nSPS) is 18.3. The van der Waals surface area contributed by atoms with E-state index in [1.54, 1.807) is 35.5 Å². The Bertz CT molecular complexity index is 1950. The maximum absolute atomic E-state index is 7.10. The Morgan fingerprint density at radius 2 is 1.37 bits per heavy atom. The molecule has 0 aliphatic carbocycles. The number of nitrogens with one attached hydrogen (secondary N) is 2. The molecule has 0 saturated carbocycles. The average molecular weight is 711 g/mol. The number of likely N-dealkylation sites (N-methyl/N-ethyl adjacent to an activating group) is 2. The lowest BCUT2D eigenvalue weighted by Crippen LogP contribution is -2.34. The molecule has 0 saturated heterocycles. The first-order chi connectivity index (χ1) is 24.7. The van der Waals surface area contributed by atoms with Crippen LogP contribution in [0.3, 0.4) is 0 Å². The molecule has 2 N–H and O–H groups in total. The molecule has 8 rings (SSSR count). The molecule has 4 aromatic carbocycles. The lowest BCUT2D eigenvalue weighted by molar-refractivity contribution is 0.220. The monoisotopic (exact) mass is 710 g/mol. The first-order valence-electron chi connectivity index (χ1n) is 17.3. The fourth-order valence-electron chi connectivity index (χ4n) is 7.64. The number of ether oxygens (including phenoxy) is 6. The Kier molecular flexibility index (Phi) is 9.87. The van der Waals surface area contributed by atoms with Gasteiger partial charge in [-0.05, 0) is 116 Å². The molecular formula is C40H46N4O6S. The summed E-state index contributed by atoms with van der Waals surface area (Å²) < 4.78 is 37.6. The Balaban J connectivity index is 1.49. The Labute approximate surface area is 305 Å². The van der Waals surface area contributed by atoms with Crippen molar-refractivity contribution in [1.82, 2.24) is 15.1 Å². The van der Waals surface area contributed by atoms with Crippen molar-refractivity contribution < 1.29 is 28.4 Å². The van der Waals surface area contributed by atoms with Crippen LogP contribution >= 0.6 is 12.2 Å². The summed E-state index contributed by atoms with van der Waals surface area (Å²) in [6.07, 6.45) is 3.15. The van der Waals surface area contributed by atoms with Crippen LogP contribution in [-0.4, -0.2) is 77.6 Å². The van der Waals surface area contributed by atoms with E-state index in [9.17, 15) is 0 Å². The van der Waals surface area contributed by atoms with Gasteiger partial charge in [0, 0.05) is 49.5 Å². The summed E-state index contributed by atoms with van der Waals surface area (Å²) in [6, 6.07) is 18.8. The lowest BCUT2D eigenvalue weighted by atomic mass is 9.86. The number of anilines is 1. The predicted molar refractivity (Wildman–Crippen MR) is 203 cm³/mol. The van der Waals surface area contributed by atoms with Crippen LogP contribution in [-0.2, 0) is 25.7 Å². The van der Waals surface area contributed by atoms with Gasteiger partial charge in [-0.25, -0.2) is 0 Å². The van der Waals surface area contributed by atoms with Crippen LogP contribution in [0.1, 0.15) is 45.5 Å². The third kappa shape index (κ3) is 6.61. The summed E-state index contributed by atoms with van der Waals surface area (Å²) in [5.74, 6) is 5.02. The van der Waals surface area contributed by atoms with E-state index in [0.717, 1.165) is 60.5 Å². The summed E-state index contributed by atoms with van der Waals surface area (Å²) in [7, 11) is 12.8. The van der Waals surface area contributed by atoms with Crippen molar-refractivity contribution in [3.05, 3.63) is 88.0 Å². The van der Waals surface area contributed by atoms with Crippen LogP contribution in [0.15, 0.2) is 54.6 Å². The standard InChI is InChI=1S/C40H46N4O6S/c1-41-40(51)42-29-22-33(46-5)34-20-26(29)17-31-37-25(13-15-44(31)3)19-36(47-6)38(48-7)39(37)50-35-21-28-24(18-32(35)45-4)12-14-43(2)30(28)16-23-8-10-27(49-34)11-9-23/h8-11,18-22,30-31H,12-17H2,1-7H3,(H2,41,42,51)/t30-,31-/m0/s1. The Hall–Kier alpha value is -4.71. The Morgan fingerprint density at radius 3 is 2.06 bits per heavy atom. The third-order valence-electron chi connectivity index (χ3n) is 10.5. The molecule has 4 aromatic rings. The van der Waals surface area contributed by atoms with E-state index in [1.807, 2.05) is 24.3 Å². The van der Waals surface area contributed by atoms with E-state index in [0.29, 0.717) is 51.8 Å². The van der Waals surface area contributed by atoms with Gasteiger partial charge in [-0.1, -0.05) is 12.1 Å². The second-order valence-corrected chi connectivity index (χ2v) is 13.7. The number of hydrogen-bond donors (Lipinski definition) is 2. The molecule has 0 spiro atoms. The van der Waals surface area contributed by atoms with Gasteiger partial charge in [0.2, 0.25) is 5.75 Å². The third-order valence-corrected chi connectivity index (χ3v) is 10.8. The zero-order valence-corrected chi connectivity index (χ0v) is 31.2. The molecule has 0 fully saturated rings. The van der Waals surface area contributed by atoms with Crippen LogP contribution < -0.4 is 39.1 Å². The number of thiocarbonyl (C=S) groups is 1. The number of hydrogen-bond acceptors (Lipinski definition) is 9. The smallest absolute Gasteiger partial charge is 0.204 e. The molecule has 0 radical (unpaired) electrons. The largest absolute Gasteiger partial charge is 0.493 e. The number of fused-ring (bicyclic) bond motifs is 2. The summed E-state index contributed by atoms with van der Waals surface area (Å²) in [6.45, 7) is 1.78. The van der Waals surface area contributed by atoms with E-state index < -0.39 is 0 Å². The molecule has 2 atom stereocenters. The minimum Gasteiger partial charge on any atom is -0.493 e. The fraction of sp³-hybridized carbons (Fsp3) is 0.375. The van der Waals surface area contributed by atoms with Gasteiger partial charge in [0.1, 0.15) is 5.75 Å². The van der Waals surface area contributed by atoms with Crippen molar-refractivity contribution in [3.63, 3.8) is 0 Å². The van der Waals surface area contributed by atoms with Gasteiger partial charge in [-0.15, -0.1) is 0 Å². The molecule has 0 unspecified atom stereocenters. The molecule has 4 aliphatic heterocycles. The minimum absolute atomic E-state index is 0.117. The molecule has 10 nitrogen and oxygen atoms in total. The van der Waals surface area contributed by atoms with Crippen LogP contribution in [0, 0.1) is 0 Å². The Morgan fingerprint density at radius 1 is 0.725 bits per heavy atom. The molecule has 4 aliphatic rings. The molecule has 0 aromatic heterocycles. The van der Waals surface area contributed by atoms with Crippen LogP contribution in [0.5, 0.6) is 46.0 Å². The highest BCUT2D eigenvalue weighted by molar-refractivity contribution is 7.80. The average Bonchev–Trinajstić information content (AvgIpc) is 3.14. The maximum atomic E-state index is 7.10.